The molecule has 0 radical (unpaired) electrons. The number of aliphatic carboxylic acids is 1. The molecule has 220 valence electrons. The average molecular weight is 601 g/mol. The number of carbonyl (C=O) groups is 1. The Hall–Kier alpha value is -4.04. The molecule has 4 aromatic rings. The highest BCUT2D eigenvalue weighted by atomic mass is 32.2. The lowest BCUT2D eigenvalue weighted by Gasteiger charge is -2.41. The van der Waals surface area contributed by atoms with E-state index in [0.717, 1.165) is 22.9 Å². The Balaban J connectivity index is 1.39. The Morgan fingerprint density at radius 2 is 1.95 bits per heavy atom. The van der Waals surface area contributed by atoms with Gasteiger partial charge in [0.25, 0.3) is 0 Å². The van der Waals surface area contributed by atoms with Gasteiger partial charge in [0.1, 0.15) is 10.7 Å². The summed E-state index contributed by atoms with van der Waals surface area (Å²) >= 11 is 0. The van der Waals surface area contributed by atoms with Crippen LogP contribution in [0.2, 0.25) is 0 Å². The predicted molar refractivity (Wildman–Crippen MR) is 146 cm³/mol. The van der Waals surface area contributed by atoms with Crippen LogP contribution in [0.3, 0.4) is 0 Å². The number of fused-ring (bicyclic) bond motifs is 4. The number of nitrogens with zero attached hydrogens (tertiary/aromatic N) is 6. The van der Waals surface area contributed by atoms with Crippen LogP contribution in [0.5, 0.6) is 0 Å². The van der Waals surface area contributed by atoms with Gasteiger partial charge in [0.05, 0.1) is 6.42 Å². The quantitative estimate of drug-likeness (QED) is 0.351. The maximum absolute atomic E-state index is 13.8. The number of hydrogen-bond acceptors (Lipinski definition) is 7. The largest absolute Gasteiger partial charge is 0.481 e. The minimum Gasteiger partial charge on any atom is -0.481 e. The van der Waals surface area contributed by atoms with Crippen molar-refractivity contribution in [3.8, 4) is 0 Å². The van der Waals surface area contributed by atoms with Crippen molar-refractivity contribution in [1.82, 2.24) is 23.9 Å². The Morgan fingerprint density at radius 3 is 2.64 bits per heavy atom. The van der Waals surface area contributed by atoms with E-state index < -0.39 is 33.9 Å². The minimum absolute atomic E-state index is 0.00158. The van der Waals surface area contributed by atoms with E-state index in [2.05, 4.69) is 15.2 Å². The molecule has 0 bridgehead atoms. The first-order valence-corrected chi connectivity index (χ1v) is 14.7. The van der Waals surface area contributed by atoms with Crippen LogP contribution in [0.4, 0.5) is 19.0 Å². The Bertz CT molecular complexity index is 1820. The van der Waals surface area contributed by atoms with Crippen molar-refractivity contribution in [2.75, 3.05) is 18.0 Å². The molecule has 0 saturated carbocycles. The topological polar surface area (TPSA) is 121 Å². The molecule has 1 saturated heterocycles. The fourth-order valence-corrected chi connectivity index (χ4v) is 7.46. The Labute approximate surface area is 239 Å². The van der Waals surface area contributed by atoms with Crippen LogP contribution < -0.4 is 4.90 Å². The number of hydrogen-bond donors (Lipinski definition) is 1. The molecule has 1 N–H and O–H groups in total. The number of benzene rings is 1. The molecule has 1 fully saturated rings. The molecule has 0 aliphatic carbocycles. The summed E-state index contributed by atoms with van der Waals surface area (Å²) in [6.07, 6.45) is -1.43. The molecule has 2 atom stereocenters. The van der Waals surface area contributed by atoms with E-state index in [1.165, 1.54) is 16.6 Å². The molecule has 2 aliphatic rings. The molecule has 3 aromatic heterocycles. The van der Waals surface area contributed by atoms with Crippen molar-refractivity contribution in [3.05, 3.63) is 82.4 Å². The van der Waals surface area contributed by atoms with Gasteiger partial charge in [0.2, 0.25) is 15.8 Å². The zero-order chi connectivity index (χ0) is 30.0. The number of pyridine rings is 2. The number of carboxylic acid groups (broad SMARTS) is 1. The van der Waals surface area contributed by atoms with Crippen LogP contribution in [0.1, 0.15) is 52.4 Å². The standard InChI is InChI=1S/C28H27F3N6O4S/c1-16-5-6-18(22(13-24(38)39)21-8-11-37-25(17(21)2)33-34-27(37)28(29,30)31)12-19(16)14-35-15-20-7-10-36(20)26-23(42(35,40)41)4-3-9-32-26/h3-6,8-9,11-12,20,22H,7,10,13-15H2,1-2H3,(H,38,39)/t20-,22+/m0/s1. The molecular formula is C28H27F3N6O4S. The lowest BCUT2D eigenvalue weighted by atomic mass is 9.85. The summed E-state index contributed by atoms with van der Waals surface area (Å²) < 4.78 is 70.1. The van der Waals surface area contributed by atoms with E-state index in [9.17, 15) is 31.5 Å². The maximum Gasteiger partial charge on any atom is 0.452 e. The Kier molecular flexibility index (Phi) is 6.72. The van der Waals surface area contributed by atoms with Crippen LogP contribution in [0, 0.1) is 13.8 Å². The highest BCUT2D eigenvalue weighted by Gasteiger charge is 2.42. The van der Waals surface area contributed by atoms with Crippen LogP contribution in [-0.2, 0) is 27.5 Å². The molecule has 0 spiro atoms. The van der Waals surface area contributed by atoms with Crippen molar-refractivity contribution in [2.45, 2.75) is 56.3 Å². The van der Waals surface area contributed by atoms with Gasteiger partial charge in [-0.3, -0.25) is 9.20 Å². The predicted octanol–water partition coefficient (Wildman–Crippen LogP) is 4.15. The second-order valence-corrected chi connectivity index (χ2v) is 12.6. The highest BCUT2D eigenvalue weighted by Crippen LogP contribution is 2.38. The van der Waals surface area contributed by atoms with Crippen molar-refractivity contribution in [2.24, 2.45) is 0 Å². The van der Waals surface area contributed by atoms with E-state index in [0.29, 0.717) is 28.1 Å². The van der Waals surface area contributed by atoms with Gasteiger partial charge in [-0.2, -0.15) is 17.5 Å². The normalized spacial score (nSPS) is 19.1. The van der Waals surface area contributed by atoms with E-state index in [1.807, 2.05) is 17.9 Å². The van der Waals surface area contributed by atoms with E-state index >= 15 is 0 Å². The molecule has 5 heterocycles. The molecule has 42 heavy (non-hydrogen) atoms. The summed E-state index contributed by atoms with van der Waals surface area (Å²) in [6.45, 7) is 4.52. The molecule has 1 aromatic carbocycles. The first-order chi connectivity index (χ1) is 19.9. The van der Waals surface area contributed by atoms with Crippen LogP contribution >= 0.6 is 0 Å². The van der Waals surface area contributed by atoms with Crippen LogP contribution in [-0.4, -0.2) is 62.5 Å². The van der Waals surface area contributed by atoms with Crippen molar-refractivity contribution >= 4 is 27.5 Å². The van der Waals surface area contributed by atoms with Crippen molar-refractivity contribution in [1.29, 1.82) is 0 Å². The summed E-state index contributed by atoms with van der Waals surface area (Å²) in [6, 6.07) is 9.99. The second-order valence-electron chi connectivity index (χ2n) is 10.7. The van der Waals surface area contributed by atoms with Gasteiger partial charge in [-0.25, -0.2) is 13.4 Å². The number of carboxylic acids is 1. The van der Waals surface area contributed by atoms with Gasteiger partial charge in [-0.1, -0.05) is 18.2 Å². The molecule has 0 unspecified atom stereocenters. The number of aromatic nitrogens is 4. The van der Waals surface area contributed by atoms with E-state index in [-0.39, 0.29) is 36.1 Å². The number of anilines is 1. The molecule has 6 rings (SSSR count). The van der Waals surface area contributed by atoms with Gasteiger partial charge < -0.3 is 10.0 Å². The average Bonchev–Trinajstić information content (AvgIpc) is 3.34. The fourth-order valence-electron chi connectivity index (χ4n) is 5.85. The third kappa shape index (κ3) is 4.67. The Morgan fingerprint density at radius 1 is 1.17 bits per heavy atom. The second kappa shape index (κ2) is 10.1. The van der Waals surface area contributed by atoms with Crippen LogP contribution in [0.15, 0.2) is 53.7 Å². The number of halogens is 3. The fraction of sp³-hybridized carbons (Fsp3) is 0.357. The van der Waals surface area contributed by atoms with Gasteiger partial charge in [0, 0.05) is 44.0 Å². The zero-order valence-corrected chi connectivity index (χ0v) is 23.5. The van der Waals surface area contributed by atoms with Crippen molar-refractivity contribution in [3.63, 3.8) is 0 Å². The van der Waals surface area contributed by atoms with E-state index in [4.69, 9.17) is 0 Å². The van der Waals surface area contributed by atoms with Crippen molar-refractivity contribution < 1.29 is 31.5 Å². The molecular weight excluding hydrogens is 573 g/mol. The first-order valence-electron chi connectivity index (χ1n) is 13.3. The van der Waals surface area contributed by atoms with Gasteiger partial charge in [-0.15, -0.1) is 10.2 Å². The summed E-state index contributed by atoms with van der Waals surface area (Å²) in [4.78, 5) is 18.5. The number of rotatable bonds is 6. The molecule has 2 aliphatic heterocycles. The van der Waals surface area contributed by atoms with Gasteiger partial charge in [0.15, 0.2) is 5.65 Å². The maximum atomic E-state index is 13.8. The monoisotopic (exact) mass is 600 g/mol. The van der Waals surface area contributed by atoms with Crippen LogP contribution in [0.25, 0.3) is 5.65 Å². The first kappa shape index (κ1) is 28.1. The number of sulfonamides is 1. The molecule has 14 heteroatoms. The smallest absolute Gasteiger partial charge is 0.452 e. The van der Waals surface area contributed by atoms with E-state index in [1.54, 1.807) is 37.4 Å². The zero-order valence-electron chi connectivity index (χ0n) is 22.7. The lowest BCUT2D eigenvalue weighted by molar-refractivity contribution is -0.145. The minimum atomic E-state index is -4.71. The highest BCUT2D eigenvalue weighted by molar-refractivity contribution is 7.89. The molecule has 0 amide bonds. The van der Waals surface area contributed by atoms with Gasteiger partial charge in [-0.05, 0) is 66.3 Å². The summed E-state index contributed by atoms with van der Waals surface area (Å²) in [5.74, 6) is -2.54. The van der Waals surface area contributed by atoms with Gasteiger partial charge >= 0.3 is 12.1 Å². The summed E-state index contributed by atoms with van der Waals surface area (Å²) in [7, 11) is -3.88. The SMILES string of the molecule is Cc1ccc([C@@H](CC(=O)O)c2ccn3c(C(F)(F)F)nnc3c2C)cc1CN1C[C@@H]2CCN2c2ncccc2S1(=O)=O. The third-order valence-electron chi connectivity index (χ3n) is 8.20. The number of aryl methyl sites for hydroxylation is 2. The summed E-state index contributed by atoms with van der Waals surface area (Å²) in [5, 5.41) is 16.8. The lowest BCUT2D eigenvalue weighted by Crippen LogP contribution is -2.52. The third-order valence-corrected chi connectivity index (χ3v) is 10.0. The molecule has 10 nitrogen and oxygen atoms in total. The number of alkyl halides is 3. The summed E-state index contributed by atoms with van der Waals surface area (Å²) in [5.41, 5.74) is 2.97.